The van der Waals surface area contributed by atoms with Crippen LogP contribution in [0, 0.1) is 0 Å². The summed E-state index contributed by atoms with van der Waals surface area (Å²) in [4.78, 5) is 15.0. The van der Waals surface area contributed by atoms with Crippen LogP contribution in [0.25, 0.3) is 11.1 Å². The van der Waals surface area contributed by atoms with E-state index in [9.17, 15) is 13.2 Å². The molecule has 1 saturated heterocycles. The van der Waals surface area contributed by atoms with Crippen molar-refractivity contribution in [1.29, 1.82) is 0 Å². The third-order valence-corrected chi connectivity index (χ3v) is 7.08. The van der Waals surface area contributed by atoms with Crippen LogP contribution in [0.2, 0.25) is 0 Å². The smallest absolute Gasteiger partial charge is 0.241 e. The molecule has 1 heterocycles. The van der Waals surface area contributed by atoms with E-state index < -0.39 is 10.0 Å². The van der Waals surface area contributed by atoms with E-state index >= 15 is 0 Å². The second-order valence-electron chi connectivity index (χ2n) is 7.62. The average molecular weight is 416 g/mol. The molecule has 2 aromatic carbocycles. The lowest BCUT2D eigenvalue weighted by molar-refractivity contribution is -0.121. The molecule has 156 valence electrons. The van der Waals surface area contributed by atoms with Crippen LogP contribution < -0.4 is 5.32 Å². The van der Waals surface area contributed by atoms with Crippen molar-refractivity contribution >= 4 is 21.6 Å². The molecule has 0 spiro atoms. The largest absolute Gasteiger partial charge is 0.324 e. The van der Waals surface area contributed by atoms with E-state index in [2.05, 4.69) is 10.2 Å². The molecular weight excluding hydrogens is 386 g/mol. The number of hydrogen-bond acceptors (Lipinski definition) is 4. The Bertz CT molecular complexity index is 939. The zero-order valence-corrected chi connectivity index (χ0v) is 18.0. The second-order valence-corrected chi connectivity index (χ2v) is 9.67. The Morgan fingerprint density at radius 2 is 1.66 bits per heavy atom. The van der Waals surface area contributed by atoms with Crippen molar-refractivity contribution in [3.63, 3.8) is 0 Å². The van der Waals surface area contributed by atoms with E-state index in [1.165, 1.54) is 10.6 Å². The summed E-state index contributed by atoms with van der Waals surface area (Å²) in [6.45, 7) is 3.29. The summed E-state index contributed by atoms with van der Waals surface area (Å²) in [7, 11) is -1.56. The molecule has 3 rings (SSSR count). The van der Waals surface area contributed by atoms with Crippen molar-refractivity contribution in [3.05, 3.63) is 54.6 Å². The number of likely N-dealkylation sites (tertiary alicyclic amines) is 1. The van der Waals surface area contributed by atoms with Crippen molar-refractivity contribution in [2.75, 3.05) is 31.7 Å². The van der Waals surface area contributed by atoms with Gasteiger partial charge in [-0.2, -0.15) is 0 Å². The highest BCUT2D eigenvalue weighted by Gasteiger charge is 2.31. The van der Waals surface area contributed by atoms with Gasteiger partial charge in [-0.05, 0) is 31.4 Å². The molecule has 29 heavy (non-hydrogen) atoms. The van der Waals surface area contributed by atoms with E-state index in [0.29, 0.717) is 13.1 Å². The van der Waals surface area contributed by atoms with Crippen LogP contribution in [-0.2, 0) is 14.8 Å². The highest BCUT2D eigenvalue weighted by atomic mass is 32.2. The van der Waals surface area contributed by atoms with E-state index in [4.69, 9.17) is 0 Å². The Morgan fingerprint density at radius 1 is 1.07 bits per heavy atom. The second kappa shape index (κ2) is 9.07. The number of carbonyl (C=O) groups excluding carboxylic acids is 1. The Morgan fingerprint density at radius 3 is 2.28 bits per heavy atom. The molecule has 0 aromatic heterocycles. The number of rotatable bonds is 6. The topological polar surface area (TPSA) is 69.7 Å². The van der Waals surface area contributed by atoms with Gasteiger partial charge in [0.25, 0.3) is 0 Å². The minimum atomic E-state index is -3.19. The Labute approximate surface area is 173 Å². The van der Waals surface area contributed by atoms with Crippen LogP contribution in [0.5, 0.6) is 0 Å². The Hall–Kier alpha value is -2.22. The zero-order valence-electron chi connectivity index (χ0n) is 17.2. The first-order valence-electron chi connectivity index (χ1n) is 9.89. The first-order valence-corrected chi connectivity index (χ1v) is 11.7. The van der Waals surface area contributed by atoms with Crippen molar-refractivity contribution in [3.8, 4) is 11.1 Å². The SMILES string of the molecule is CC(C(=O)Nc1ccccc1-c1ccccc1)N1CCC(N(C)S(C)(=O)=O)CC1. The predicted octanol–water partition coefficient (Wildman–Crippen LogP) is 3.04. The fourth-order valence-corrected chi connectivity index (χ4v) is 4.52. The van der Waals surface area contributed by atoms with E-state index in [0.717, 1.165) is 29.7 Å². The molecule has 1 aliphatic rings. The van der Waals surface area contributed by atoms with Crippen LogP contribution in [0.3, 0.4) is 0 Å². The number of hydrogen-bond donors (Lipinski definition) is 1. The van der Waals surface area contributed by atoms with Gasteiger partial charge in [-0.15, -0.1) is 0 Å². The molecule has 7 heteroatoms. The van der Waals surface area contributed by atoms with Gasteiger partial charge >= 0.3 is 0 Å². The van der Waals surface area contributed by atoms with Crippen LogP contribution in [-0.4, -0.2) is 62.0 Å². The molecule has 0 bridgehead atoms. The van der Waals surface area contributed by atoms with Gasteiger partial charge in [0.05, 0.1) is 12.3 Å². The maximum absolute atomic E-state index is 12.9. The molecule has 0 aliphatic carbocycles. The van der Waals surface area contributed by atoms with Crippen molar-refractivity contribution < 1.29 is 13.2 Å². The summed E-state index contributed by atoms with van der Waals surface area (Å²) in [6, 6.07) is 17.5. The lowest BCUT2D eigenvalue weighted by atomic mass is 10.0. The number of nitrogens with zero attached hydrogens (tertiary/aromatic N) is 2. The van der Waals surface area contributed by atoms with Gasteiger partial charge in [-0.25, -0.2) is 12.7 Å². The molecule has 1 amide bonds. The first kappa shape index (κ1) is 21.5. The number of amides is 1. The van der Waals surface area contributed by atoms with Gasteiger partial charge in [-0.1, -0.05) is 48.5 Å². The summed E-state index contributed by atoms with van der Waals surface area (Å²) in [5, 5.41) is 3.08. The third kappa shape index (κ3) is 5.23. The Balaban J connectivity index is 1.64. The van der Waals surface area contributed by atoms with Crippen LogP contribution in [0.4, 0.5) is 5.69 Å². The van der Waals surface area contributed by atoms with Crippen molar-refractivity contribution in [1.82, 2.24) is 9.21 Å². The van der Waals surface area contributed by atoms with Gasteiger partial charge in [-0.3, -0.25) is 9.69 Å². The molecule has 1 unspecified atom stereocenters. The van der Waals surface area contributed by atoms with E-state index in [1.54, 1.807) is 7.05 Å². The van der Waals surface area contributed by atoms with Gasteiger partial charge in [0.15, 0.2) is 0 Å². The number of sulfonamides is 1. The highest BCUT2D eigenvalue weighted by Crippen LogP contribution is 2.28. The summed E-state index contributed by atoms with van der Waals surface area (Å²) in [5.41, 5.74) is 2.84. The number of carbonyl (C=O) groups is 1. The minimum absolute atomic E-state index is 0.00434. The van der Waals surface area contributed by atoms with Crippen molar-refractivity contribution in [2.45, 2.75) is 31.8 Å². The molecule has 6 nitrogen and oxygen atoms in total. The lowest BCUT2D eigenvalue weighted by Gasteiger charge is -2.38. The summed E-state index contributed by atoms with van der Waals surface area (Å²) >= 11 is 0. The lowest BCUT2D eigenvalue weighted by Crippen LogP contribution is -2.50. The molecule has 2 aromatic rings. The minimum Gasteiger partial charge on any atom is -0.324 e. The molecule has 1 N–H and O–H groups in total. The van der Waals surface area contributed by atoms with Crippen LogP contribution in [0.15, 0.2) is 54.6 Å². The maximum atomic E-state index is 12.9. The Kier molecular flexibility index (Phi) is 6.72. The predicted molar refractivity (Wildman–Crippen MR) is 117 cm³/mol. The zero-order chi connectivity index (χ0) is 21.0. The monoisotopic (exact) mass is 415 g/mol. The van der Waals surface area contributed by atoms with Gasteiger partial charge < -0.3 is 5.32 Å². The standard InChI is InChI=1S/C22H29N3O3S/c1-17(25-15-13-19(14-16-25)24(2)29(3,27)28)22(26)23-21-12-8-7-11-20(21)18-9-5-4-6-10-18/h4-12,17,19H,13-16H2,1-3H3,(H,23,26). The van der Waals surface area contributed by atoms with Crippen LogP contribution >= 0.6 is 0 Å². The van der Waals surface area contributed by atoms with E-state index in [-0.39, 0.29) is 18.0 Å². The molecule has 0 radical (unpaired) electrons. The number of piperidine rings is 1. The average Bonchev–Trinajstić information content (AvgIpc) is 2.73. The molecule has 1 fully saturated rings. The number of nitrogens with one attached hydrogen (secondary N) is 1. The normalized spacial score (nSPS) is 17.2. The van der Waals surface area contributed by atoms with Crippen LogP contribution in [0.1, 0.15) is 19.8 Å². The number of benzene rings is 2. The maximum Gasteiger partial charge on any atom is 0.241 e. The van der Waals surface area contributed by atoms with E-state index in [1.807, 2.05) is 61.5 Å². The summed E-state index contributed by atoms with van der Waals surface area (Å²) in [6.07, 6.45) is 2.68. The molecule has 1 aliphatic heterocycles. The molecule has 0 saturated carbocycles. The summed E-state index contributed by atoms with van der Waals surface area (Å²) < 4.78 is 25.0. The first-order chi connectivity index (χ1) is 13.8. The fourth-order valence-electron chi connectivity index (χ4n) is 3.77. The molecular formula is C22H29N3O3S. The number of anilines is 1. The van der Waals surface area contributed by atoms with Gasteiger partial charge in [0.1, 0.15) is 0 Å². The summed E-state index contributed by atoms with van der Waals surface area (Å²) in [5.74, 6) is -0.0525. The van der Waals surface area contributed by atoms with Gasteiger partial charge in [0.2, 0.25) is 15.9 Å². The quantitative estimate of drug-likeness (QED) is 0.787. The molecule has 1 atom stereocenters. The van der Waals surface area contributed by atoms with Crippen molar-refractivity contribution in [2.24, 2.45) is 0 Å². The third-order valence-electron chi connectivity index (χ3n) is 5.73. The fraction of sp³-hybridized carbons (Fsp3) is 0.409. The number of para-hydroxylation sites is 1. The van der Waals surface area contributed by atoms with Gasteiger partial charge in [0, 0.05) is 37.4 Å². The highest BCUT2D eigenvalue weighted by molar-refractivity contribution is 7.88.